The molecule has 1 aromatic heterocycles. The van der Waals surface area contributed by atoms with E-state index in [1.165, 1.54) is 6.26 Å². The minimum Gasteiger partial charge on any atom is -0.497 e. The number of nitrogens with one attached hydrogen (secondary N) is 1. The molecule has 0 saturated carbocycles. The number of carbonyl (C=O) groups is 1. The number of carbonyl (C=O) groups excluding carboxylic acids is 1. The molecule has 0 aliphatic heterocycles. The number of amides is 1. The summed E-state index contributed by atoms with van der Waals surface area (Å²) in [6.07, 6.45) is 2.09. The Hall–Kier alpha value is -2.34. The average Bonchev–Trinajstić information content (AvgIpc) is 2.86. The second kappa shape index (κ2) is 6.01. The third kappa shape index (κ3) is 3.32. The van der Waals surface area contributed by atoms with Crippen molar-refractivity contribution in [3.05, 3.63) is 41.8 Å². The largest absolute Gasteiger partial charge is 0.497 e. The fourth-order valence-electron chi connectivity index (χ4n) is 1.56. The molecule has 0 fully saturated rings. The molecule has 0 radical (unpaired) electrons. The first-order chi connectivity index (χ1) is 9.22. The van der Waals surface area contributed by atoms with Crippen LogP contribution in [0, 0.1) is 0 Å². The van der Waals surface area contributed by atoms with Gasteiger partial charge in [0, 0.05) is 12.0 Å². The van der Waals surface area contributed by atoms with Crippen LogP contribution in [-0.4, -0.2) is 24.5 Å². The molecule has 0 bridgehead atoms. The molecular formula is C13H15N3O3. The fraction of sp³-hybridized carbons (Fsp3) is 0.231. The maximum atomic E-state index is 12.0. The van der Waals surface area contributed by atoms with Crippen molar-refractivity contribution in [2.24, 2.45) is 5.73 Å². The Morgan fingerprint density at radius 2 is 2.37 bits per heavy atom. The van der Waals surface area contributed by atoms with Crippen molar-refractivity contribution in [3.8, 4) is 5.75 Å². The fourth-order valence-corrected chi connectivity index (χ4v) is 1.56. The van der Waals surface area contributed by atoms with Gasteiger partial charge in [-0.05, 0) is 24.7 Å². The summed E-state index contributed by atoms with van der Waals surface area (Å²) in [6.45, 7) is 0.482. The van der Waals surface area contributed by atoms with E-state index in [0.717, 1.165) is 0 Å². The van der Waals surface area contributed by atoms with E-state index in [1.807, 2.05) is 0 Å². The Labute approximate surface area is 110 Å². The summed E-state index contributed by atoms with van der Waals surface area (Å²) < 4.78 is 10.2. The number of rotatable bonds is 5. The Kier molecular flexibility index (Phi) is 4.15. The van der Waals surface area contributed by atoms with E-state index < -0.39 is 0 Å². The number of ether oxygens (including phenoxy) is 1. The summed E-state index contributed by atoms with van der Waals surface area (Å²) in [5, 5.41) is 2.58. The highest BCUT2D eigenvalue weighted by atomic mass is 16.5. The summed E-state index contributed by atoms with van der Waals surface area (Å²) in [5.41, 5.74) is 6.59. The van der Waals surface area contributed by atoms with Gasteiger partial charge in [-0.2, -0.15) is 4.98 Å². The minimum absolute atomic E-state index is 0.163. The van der Waals surface area contributed by atoms with Gasteiger partial charge in [0.1, 0.15) is 12.0 Å². The predicted molar refractivity (Wildman–Crippen MR) is 70.2 cm³/mol. The van der Waals surface area contributed by atoms with Crippen LogP contribution in [0.4, 0.5) is 6.01 Å². The standard InChI is InChI=1S/C13H15N3O3/c1-18-11-4-2-3-9(7-11)12(17)16-13-15-10(5-6-14)8-19-13/h2-4,7-8H,5-6,14H2,1H3,(H,15,16,17). The molecule has 0 unspecified atom stereocenters. The van der Waals surface area contributed by atoms with Crippen molar-refractivity contribution in [1.29, 1.82) is 0 Å². The molecule has 0 spiro atoms. The van der Waals surface area contributed by atoms with E-state index in [1.54, 1.807) is 31.4 Å². The number of hydrogen-bond acceptors (Lipinski definition) is 5. The van der Waals surface area contributed by atoms with E-state index in [4.69, 9.17) is 14.9 Å². The predicted octanol–water partition coefficient (Wildman–Crippen LogP) is 1.44. The summed E-state index contributed by atoms with van der Waals surface area (Å²) in [5.74, 6) is 0.309. The van der Waals surface area contributed by atoms with Crippen molar-refractivity contribution in [3.63, 3.8) is 0 Å². The number of nitrogens with zero attached hydrogens (tertiary/aromatic N) is 1. The van der Waals surface area contributed by atoms with Crippen molar-refractivity contribution < 1.29 is 13.9 Å². The number of methoxy groups -OCH3 is 1. The highest BCUT2D eigenvalue weighted by Crippen LogP contribution is 2.14. The maximum Gasteiger partial charge on any atom is 0.301 e. The zero-order chi connectivity index (χ0) is 13.7. The molecule has 1 amide bonds. The molecule has 6 nitrogen and oxygen atoms in total. The lowest BCUT2D eigenvalue weighted by Gasteiger charge is -2.03. The summed E-state index contributed by atoms with van der Waals surface area (Å²) >= 11 is 0. The second-order valence-electron chi connectivity index (χ2n) is 3.87. The van der Waals surface area contributed by atoms with Crippen LogP contribution < -0.4 is 15.8 Å². The topological polar surface area (TPSA) is 90.4 Å². The monoisotopic (exact) mass is 261 g/mol. The van der Waals surface area contributed by atoms with Gasteiger partial charge in [-0.3, -0.25) is 10.1 Å². The van der Waals surface area contributed by atoms with Crippen LogP contribution in [0.15, 0.2) is 34.9 Å². The third-order valence-corrected chi connectivity index (χ3v) is 2.50. The zero-order valence-electron chi connectivity index (χ0n) is 10.6. The quantitative estimate of drug-likeness (QED) is 0.849. The number of benzene rings is 1. The molecule has 100 valence electrons. The number of oxazole rings is 1. The normalized spacial score (nSPS) is 10.2. The third-order valence-electron chi connectivity index (χ3n) is 2.50. The van der Waals surface area contributed by atoms with Crippen molar-refractivity contribution in [2.75, 3.05) is 19.0 Å². The Balaban J connectivity index is 2.06. The lowest BCUT2D eigenvalue weighted by atomic mass is 10.2. The van der Waals surface area contributed by atoms with E-state index in [2.05, 4.69) is 10.3 Å². The second-order valence-corrected chi connectivity index (χ2v) is 3.87. The molecule has 0 aliphatic rings. The number of hydrogen-bond donors (Lipinski definition) is 2. The molecular weight excluding hydrogens is 246 g/mol. The van der Waals surface area contributed by atoms with Gasteiger partial charge >= 0.3 is 6.01 Å². The van der Waals surface area contributed by atoms with Crippen LogP contribution in [0.1, 0.15) is 16.1 Å². The van der Waals surface area contributed by atoms with Gasteiger partial charge < -0.3 is 14.9 Å². The molecule has 1 heterocycles. The van der Waals surface area contributed by atoms with E-state index >= 15 is 0 Å². The number of nitrogens with two attached hydrogens (primary N) is 1. The van der Waals surface area contributed by atoms with Gasteiger partial charge in [-0.25, -0.2) is 0 Å². The van der Waals surface area contributed by atoms with Gasteiger partial charge in [-0.1, -0.05) is 6.07 Å². The lowest BCUT2D eigenvalue weighted by Crippen LogP contribution is -2.12. The molecule has 1 aromatic carbocycles. The smallest absolute Gasteiger partial charge is 0.301 e. The first-order valence-corrected chi connectivity index (χ1v) is 5.83. The molecule has 6 heteroatoms. The van der Waals surface area contributed by atoms with E-state index in [0.29, 0.717) is 30.0 Å². The Bertz CT molecular complexity index is 566. The van der Waals surface area contributed by atoms with Crippen LogP contribution in [0.2, 0.25) is 0 Å². The van der Waals surface area contributed by atoms with Crippen molar-refractivity contribution >= 4 is 11.9 Å². The average molecular weight is 261 g/mol. The van der Waals surface area contributed by atoms with Gasteiger partial charge in [0.2, 0.25) is 0 Å². The molecule has 0 atom stereocenters. The van der Waals surface area contributed by atoms with Gasteiger partial charge in [0.25, 0.3) is 5.91 Å². The van der Waals surface area contributed by atoms with E-state index in [9.17, 15) is 4.79 Å². The Morgan fingerprint density at radius 1 is 1.53 bits per heavy atom. The van der Waals surface area contributed by atoms with Crippen LogP contribution in [-0.2, 0) is 6.42 Å². The molecule has 2 aromatic rings. The van der Waals surface area contributed by atoms with Gasteiger partial charge in [0.15, 0.2) is 0 Å². The molecule has 0 saturated heterocycles. The van der Waals surface area contributed by atoms with Crippen LogP contribution in [0.25, 0.3) is 0 Å². The Morgan fingerprint density at radius 3 is 3.11 bits per heavy atom. The lowest BCUT2D eigenvalue weighted by molar-refractivity contribution is 0.102. The van der Waals surface area contributed by atoms with Crippen LogP contribution in [0.3, 0.4) is 0 Å². The van der Waals surface area contributed by atoms with Crippen molar-refractivity contribution in [2.45, 2.75) is 6.42 Å². The molecule has 2 rings (SSSR count). The van der Waals surface area contributed by atoms with Crippen LogP contribution >= 0.6 is 0 Å². The van der Waals surface area contributed by atoms with Gasteiger partial charge in [0.05, 0.1) is 12.8 Å². The van der Waals surface area contributed by atoms with Crippen molar-refractivity contribution in [1.82, 2.24) is 4.98 Å². The number of anilines is 1. The highest BCUT2D eigenvalue weighted by molar-refractivity contribution is 6.03. The molecule has 0 aliphatic carbocycles. The first kappa shape index (κ1) is 13.1. The summed E-state index contributed by atoms with van der Waals surface area (Å²) in [7, 11) is 1.55. The summed E-state index contributed by atoms with van der Waals surface area (Å²) in [6, 6.07) is 6.99. The SMILES string of the molecule is COc1cccc(C(=O)Nc2nc(CCN)co2)c1. The highest BCUT2D eigenvalue weighted by Gasteiger charge is 2.10. The van der Waals surface area contributed by atoms with E-state index in [-0.39, 0.29) is 11.9 Å². The molecule has 3 N–H and O–H groups in total. The van der Waals surface area contributed by atoms with Gasteiger partial charge in [-0.15, -0.1) is 0 Å². The minimum atomic E-state index is -0.306. The first-order valence-electron chi connectivity index (χ1n) is 5.83. The maximum absolute atomic E-state index is 12.0. The zero-order valence-corrected chi connectivity index (χ0v) is 10.6. The van der Waals surface area contributed by atoms with Crippen LogP contribution in [0.5, 0.6) is 5.75 Å². The molecule has 19 heavy (non-hydrogen) atoms. The summed E-state index contributed by atoms with van der Waals surface area (Å²) in [4.78, 5) is 16.1. The number of aromatic nitrogens is 1.